The minimum absolute atomic E-state index is 0.0839. The van der Waals surface area contributed by atoms with Crippen LogP contribution >= 0.6 is 0 Å². The van der Waals surface area contributed by atoms with E-state index in [0.717, 1.165) is 6.26 Å². The van der Waals surface area contributed by atoms with Gasteiger partial charge in [0, 0.05) is 17.4 Å². The molecule has 0 spiro atoms. The SMILES string of the molecule is CC(C)(CC(=O)O)NC(=O)c1ccc(CS(C)(=O)=O)cc1. The molecule has 0 saturated heterocycles. The summed E-state index contributed by atoms with van der Waals surface area (Å²) >= 11 is 0. The molecule has 1 amide bonds. The van der Waals surface area contributed by atoms with Gasteiger partial charge in [0.1, 0.15) is 0 Å². The Labute approximate surface area is 124 Å². The monoisotopic (exact) mass is 313 g/mol. The maximum absolute atomic E-state index is 12.0. The average molecular weight is 313 g/mol. The van der Waals surface area contributed by atoms with Crippen LogP contribution in [0.2, 0.25) is 0 Å². The maximum Gasteiger partial charge on any atom is 0.305 e. The van der Waals surface area contributed by atoms with Crippen LogP contribution in [-0.2, 0) is 20.4 Å². The molecule has 1 aromatic rings. The molecular formula is C14H19NO5S. The summed E-state index contributed by atoms with van der Waals surface area (Å²) in [5, 5.41) is 11.4. The molecule has 116 valence electrons. The molecule has 0 saturated carbocycles. The molecule has 21 heavy (non-hydrogen) atoms. The first-order valence-corrected chi connectivity index (χ1v) is 8.35. The van der Waals surface area contributed by atoms with Crippen LogP contribution in [0.5, 0.6) is 0 Å². The number of amides is 1. The molecule has 0 aliphatic carbocycles. The summed E-state index contributed by atoms with van der Waals surface area (Å²) in [6, 6.07) is 6.18. The van der Waals surface area contributed by atoms with Gasteiger partial charge in [0.2, 0.25) is 0 Å². The Morgan fingerprint density at radius 2 is 1.71 bits per heavy atom. The molecule has 0 bridgehead atoms. The van der Waals surface area contributed by atoms with E-state index in [1.165, 1.54) is 12.1 Å². The van der Waals surface area contributed by atoms with Crippen LogP contribution in [-0.4, -0.2) is 37.2 Å². The van der Waals surface area contributed by atoms with Crippen LogP contribution in [0.25, 0.3) is 0 Å². The second kappa shape index (κ2) is 6.26. The molecule has 0 heterocycles. The van der Waals surface area contributed by atoms with Gasteiger partial charge in [0.15, 0.2) is 9.84 Å². The maximum atomic E-state index is 12.0. The van der Waals surface area contributed by atoms with Gasteiger partial charge in [-0.1, -0.05) is 12.1 Å². The van der Waals surface area contributed by atoms with Crippen LogP contribution in [0.4, 0.5) is 0 Å². The van der Waals surface area contributed by atoms with Crippen molar-refractivity contribution in [2.45, 2.75) is 31.6 Å². The molecule has 7 heteroatoms. The Hall–Kier alpha value is -1.89. The Kier molecular flexibility index (Phi) is 5.11. The number of rotatable bonds is 6. The third kappa shape index (κ3) is 6.40. The topological polar surface area (TPSA) is 101 Å². The zero-order chi connectivity index (χ0) is 16.3. The summed E-state index contributed by atoms with van der Waals surface area (Å²) in [5.74, 6) is -1.48. The molecule has 1 rings (SSSR count). The van der Waals surface area contributed by atoms with Gasteiger partial charge < -0.3 is 10.4 Å². The minimum Gasteiger partial charge on any atom is -0.481 e. The lowest BCUT2D eigenvalue weighted by molar-refractivity contribution is -0.138. The Bertz CT molecular complexity index is 632. The first kappa shape index (κ1) is 17.2. The lowest BCUT2D eigenvalue weighted by atomic mass is 10.00. The lowest BCUT2D eigenvalue weighted by Crippen LogP contribution is -2.44. The first-order chi connectivity index (χ1) is 9.48. The number of carbonyl (C=O) groups excluding carboxylic acids is 1. The standard InChI is InChI=1S/C14H19NO5S/c1-14(2,8-12(16)17)15-13(18)11-6-4-10(5-7-11)9-21(3,19)20/h4-7H,8-9H2,1-3H3,(H,15,18)(H,16,17). The molecule has 6 nitrogen and oxygen atoms in total. The van der Waals surface area contributed by atoms with Crippen molar-refractivity contribution in [3.05, 3.63) is 35.4 Å². The van der Waals surface area contributed by atoms with E-state index in [9.17, 15) is 18.0 Å². The van der Waals surface area contributed by atoms with Crippen molar-refractivity contribution in [2.75, 3.05) is 6.26 Å². The van der Waals surface area contributed by atoms with Crippen LogP contribution < -0.4 is 5.32 Å². The number of hydrogen-bond acceptors (Lipinski definition) is 4. The molecule has 0 unspecified atom stereocenters. The number of carboxylic acids is 1. The van der Waals surface area contributed by atoms with Crippen LogP contribution in [0.1, 0.15) is 36.2 Å². The summed E-state index contributed by atoms with van der Waals surface area (Å²) in [6.07, 6.45) is 0.951. The van der Waals surface area contributed by atoms with Crippen molar-refractivity contribution < 1.29 is 23.1 Å². The van der Waals surface area contributed by atoms with E-state index in [0.29, 0.717) is 11.1 Å². The number of sulfone groups is 1. The predicted octanol–water partition coefficient (Wildman–Crippen LogP) is 1.21. The molecule has 0 fully saturated rings. The van der Waals surface area contributed by atoms with Gasteiger partial charge in [-0.3, -0.25) is 9.59 Å². The summed E-state index contributed by atoms with van der Waals surface area (Å²) < 4.78 is 22.3. The number of carboxylic acid groups (broad SMARTS) is 1. The normalized spacial score (nSPS) is 12.0. The zero-order valence-electron chi connectivity index (χ0n) is 12.2. The van der Waals surface area contributed by atoms with Crippen molar-refractivity contribution in [2.24, 2.45) is 0 Å². The van der Waals surface area contributed by atoms with Gasteiger partial charge in [0.05, 0.1) is 12.2 Å². The van der Waals surface area contributed by atoms with E-state index in [1.54, 1.807) is 26.0 Å². The molecular weight excluding hydrogens is 294 g/mol. The third-order valence-electron chi connectivity index (χ3n) is 2.69. The van der Waals surface area contributed by atoms with Crippen molar-refractivity contribution in [1.82, 2.24) is 5.32 Å². The van der Waals surface area contributed by atoms with E-state index >= 15 is 0 Å². The molecule has 0 aromatic heterocycles. The van der Waals surface area contributed by atoms with Crippen LogP contribution in [0, 0.1) is 0 Å². The van der Waals surface area contributed by atoms with E-state index in [4.69, 9.17) is 5.11 Å². The molecule has 0 aliphatic rings. The lowest BCUT2D eigenvalue weighted by Gasteiger charge is -2.24. The van der Waals surface area contributed by atoms with Crippen LogP contribution in [0.3, 0.4) is 0 Å². The average Bonchev–Trinajstić information content (AvgIpc) is 2.24. The van der Waals surface area contributed by atoms with Gasteiger partial charge in [-0.25, -0.2) is 8.42 Å². The smallest absolute Gasteiger partial charge is 0.305 e. The number of carbonyl (C=O) groups is 2. The Morgan fingerprint density at radius 3 is 2.14 bits per heavy atom. The van der Waals surface area contributed by atoms with Crippen molar-refractivity contribution in [1.29, 1.82) is 0 Å². The third-order valence-corrected chi connectivity index (χ3v) is 3.55. The Morgan fingerprint density at radius 1 is 1.19 bits per heavy atom. The van der Waals surface area contributed by atoms with Gasteiger partial charge in [-0.15, -0.1) is 0 Å². The summed E-state index contributed by atoms with van der Waals surface area (Å²) in [5.41, 5.74) is 0.0819. The van der Waals surface area contributed by atoms with E-state index in [-0.39, 0.29) is 12.2 Å². The van der Waals surface area contributed by atoms with Gasteiger partial charge >= 0.3 is 5.97 Å². The van der Waals surface area contributed by atoms with E-state index in [1.807, 2.05) is 0 Å². The van der Waals surface area contributed by atoms with Gasteiger partial charge in [-0.2, -0.15) is 0 Å². The van der Waals surface area contributed by atoms with Crippen molar-refractivity contribution >= 4 is 21.7 Å². The quantitative estimate of drug-likeness (QED) is 0.822. The summed E-state index contributed by atoms with van der Waals surface area (Å²) in [7, 11) is -3.12. The second-order valence-electron chi connectivity index (χ2n) is 5.68. The predicted molar refractivity (Wildman–Crippen MR) is 78.8 cm³/mol. The molecule has 1 aromatic carbocycles. The number of hydrogen-bond donors (Lipinski definition) is 2. The minimum atomic E-state index is -3.12. The molecule has 2 N–H and O–H groups in total. The van der Waals surface area contributed by atoms with Crippen molar-refractivity contribution in [3.63, 3.8) is 0 Å². The zero-order valence-corrected chi connectivity index (χ0v) is 13.0. The highest BCUT2D eigenvalue weighted by Gasteiger charge is 2.24. The highest BCUT2D eigenvalue weighted by Crippen LogP contribution is 2.12. The number of aliphatic carboxylic acids is 1. The fraction of sp³-hybridized carbons (Fsp3) is 0.429. The van der Waals surface area contributed by atoms with Gasteiger partial charge in [-0.05, 0) is 31.5 Å². The van der Waals surface area contributed by atoms with Gasteiger partial charge in [0.25, 0.3) is 5.91 Å². The summed E-state index contributed by atoms with van der Waals surface area (Å²) in [4.78, 5) is 22.7. The number of benzene rings is 1. The summed E-state index contributed by atoms with van der Waals surface area (Å²) in [6.45, 7) is 3.24. The second-order valence-corrected chi connectivity index (χ2v) is 7.82. The Balaban J connectivity index is 2.78. The van der Waals surface area contributed by atoms with E-state index < -0.39 is 27.3 Å². The molecule has 0 aliphatic heterocycles. The fourth-order valence-electron chi connectivity index (χ4n) is 1.86. The van der Waals surface area contributed by atoms with Crippen LogP contribution in [0.15, 0.2) is 24.3 Å². The largest absolute Gasteiger partial charge is 0.481 e. The highest BCUT2D eigenvalue weighted by molar-refractivity contribution is 7.89. The fourth-order valence-corrected chi connectivity index (χ4v) is 2.65. The first-order valence-electron chi connectivity index (χ1n) is 6.29. The highest BCUT2D eigenvalue weighted by atomic mass is 32.2. The molecule has 0 atom stereocenters. The molecule has 0 radical (unpaired) electrons. The van der Waals surface area contributed by atoms with E-state index in [2.05, 4.69) is 5.32 Å². The van der Waals surface area contributed by atoms with Crippen molar-refractivity contribution in [3.8, 4) is 0 Å². The number of nitrogens with one attached hydrogen (secondary N) is 1.